The Bertz CT molecular complexity index is 1610. The van der Waals surface area contributed by atoms with Gasteiger partial charge in [-0.05, 0) is 89.8 Å². The second-order valence-corrected chi connectivity index (χ2v) is 12.1. The van der Waals surface area contributed by atoms with Crippen LogP contribution in [0.25, 0.3) is 0 Å². The number of hydrogen-bond acceptors (Lipinski definition) is 5. The number of nitrogens with zero attached hydrogens (tertiary/aromatic N) is 1. The van der Waals surface area contributed by atoms with Gasteiger partial charge in [0.25, 0.3) is 0 Å². The van der Waals surface area contributed by atoms with Gasteiger partial charge in [-0.15, -0.1) is 0 Å². The first-order valence-electron chi connectivity index (χ1n) is 12.8. The highest BCUT2D eigenvalue weighted by atomic mass is 79.9. The molecule has 2 aromatic rings. The Morgan fingerprint density at radius 2 is 1.64 bits per heavy atom. The van der Waals surface area contributed by atoms with Crippen molar-refractivity contribution in [3.63, 3.8) is 0 Å². The number of benzene rings is 2. The van der Waals surface area contributed by atoms with Crippen LogP contribution >= 0.6 is 27.5 Å². The minimum Gasteiger partial charge on any atom is -0.507 e. The van der Waals surface area contributed by atoms with E-state index in [0.29, 0.717) is 39.4 Å². The van der Waals surface area contributed by atoms with E-state index >= 15 is 0 Å². The monoisotopic (exact) mass is 605 g/mol. The van der Waals surface area contributed by atoms with Crippen LogP contribution in [-0.2, 0) is 19.2 Å². The number of hydrogen-bond donors (Lipinski definition) is 1. The molecule has 4 atom stereocenters. The van der Waals surface area contributed by atoms with Gasteiger partial charge < -0.3 is 5.11 Å². The van der Waals surface area contributed by atoms with Crippen molar-refractivity contribution in [2.45, 2.75) is 39.5 Å². The molecule has 0 saturated carbocycles. The Morgan fingerprint density at radius 1 is 0.949 bits per heavy atom. The molecule has 0 spiro atoms. The summed E-state index contributed by atoms with van der Waals surface area (Å²) in [6.45, 7) is 5.44. The van der Waals surface area contributed by atoms with Gasteiger partial charge in [0.1, 0.15) is 5.75 Å². The summed E-state index contributed by atoms with van der Waals surface area (Å²) in [4.78, 5) is 55.6. The largest absolute Gasteiger partial charge is 0.507 e. The van der Waals surface area contributed by atoms with Crippen molar-refractivity contribution < 1.29 is 24.3 Å². The van der Waals surface area contributed by atoms with Crippen LogP contribution in [0.2, 0.25) is 5.02 Å². The molecular weight excluding hydrogens is 582 g/mol. The van der Waals surface area contributed by atoms with Crippen LogP contribution in [0.3, 0.4) is 0 Å². The molecule has 2 aromatic carbocycles. The summed E-state index contributed by atoms with van der Waals surface area (Å²) in [5.41, 5.74) is 5.02. The van der Waals surface area contributed by atoms with Gasteiger partial charge in [-0.1, -0.05) is 41.4 Å². The number of fused-ring (bicyclic) bond motifs is 3. The normalized spacial score (nSPS) is 26.3. The van der Waals surface area contributed by atoms with Crippen LogP contribution in [0, 0.1) is 38.5 Å². The number of imide groups is 1. The molecule has 1 aliphatic heterocycles. The first-order chi connectivity index (χ1) is 18.5. The fourth-order valence-corrected chi connectivity index (χ4v) is 7.34. The topological polar surface area (TPSA) is 91.8 Å². The van der Waals surface area contributed by atoms with Crippen molar-refractivity contribution in [2.24, 2.45) is 17.8 Å². The first-order valence-corrected chi connectivity index (χ1v) is 14.0. The second-order valence-electron chi connectivity index (χ2n) is 10.8. The quantitative estimate of drug-likeness (QED) is 0.260. The van der Waals surface area contributed by atoms with Crippen molar-refractivity contribution in [3.8, 4) is 5.75 Å². The fourth-order valence-electron chi connectivity index (χ4n) is 6.72. The maximum Gasteiger partial charge on any atom is 0.238 e. The molecular formula is C31H25BrClNO5. The number of aryl methyl sites for hydroxylation is 3. The number of anilines is 1. The highest BCUT2D eigenvalue weighted by molar-refractivity contribution is 9.12. The molecule has 39 heavy (non-hydrogen) atoms. The molecule has 4 aliphatic rings. The smallest absolute Gasteiger partial charge is 0.238 e. The van der Waals surface area contributed by atoms with Crippen molar-refractivity contribution >= 4 is 56.6 Å². The lowest BCUT2D eigenvalue weighted by atomic mass is 9.59. The molecule has 1 heterocycles. The van der Waals surface area contributed by atoms with Gasteiger partial charge in [0.15, 0.2) is 11.6 Å². The number of Topliss-reactive ketones (excluding diaryl/α,β-unsaturated/α-hetero) is 1. The van der Waals surface area contributed by atoms with E-state index in [2.05, 4.69) is 15.9 Å². The van der Waals surface area contributed by atoms with Gasteiger partial charge in [-0.2, -0.15) is 0 Å². The lowest BCUT2D eigenvalue weighted by molar-refractivity contribution is -0.123. The summed E-state index contributed by atoms with van der Waals surface area (Å²) < 4.78 is 0.188. The van der Waals surface area contributed by atoms with Crippen LogP contribution in [0.15, 0.2) is 63.7 Å². The maximum atomic E-state index is 14.0. The van der Waals surface area contributed by atoms with E-state index in [4.69, 9.17) is 11.6 Å². The summed E-state index contributed by atoms with van der Waals surface area (Å²) in [7, 11) is 0. The number of aromatic hydroxyl groups is 1. The van der Waals surface area contributed by atoms with E-state index in [1.165, 1.54) is 11.0 Å². The number of ketones is 2. The van der Waals surface area contributed by atoms with E-state index in [9.17, 15) is 24.3 Å². The van der Waals surface area contributed by atoms with Gasteiger partial charge in [-0.25, -0.2) is 4.90 Å². The minimum atomic E-state index is -0.666. The lowest BCUT2D eigenvalue weighted by Crippen LogP contribution is -2.39. The third-order valence-electron chi connectivity index (χ3n) is 8.59. The molecule has 0 unspecified atom stereocenters. The number of rotatable bonds is 2. The zero-order valence-electron chi connectivity index (χ0n) is 21.5. The summed E-state index contributed by atoms with van der Waals surface area (Å²) in [5.74, 6) is -3.16. The van der Waals surface area contributed by atoms with Crippen molar-refractivity contribution in [2.75, 3.05) is 4.90 Å². The Hall–Kier alpha value is -3.29. The molecule has 3 aliphatic carbocycles. The highest BCUT2D eigenvalue weighted by Gasteiger charge is 2.56. The molecule has 0 radical (unpaired) electrons. The van der Waals surface area contributed by atoms with Gasteiger partial charge in [0.2, 0.25) is 11.8 Å². The Labute approximate surface area is 239 Å². The van der Waals surface area contributed by atoms with E-state index in [0.717, 1.165) is 16.7 Å². The molecule has 2 amide bonds. The van der Waals surface area contributed by atoms with E-state index < -0.39 is 23.7 Å². The summed E-state index contributed by atoms with van der Waals surface area (Å²) >= 11 is 9.58. The minimum absolute atomic E-state index is 0.177. The Balaban J connectivity index is 1.50. The number of carbonyl (C=O) groups is 4. The standard InChI is InChI=1S/C31H25BrClNO5/c1-13-4-5-17(10-23(13)33)34-30(38)19-7-6-18-20(26(19)31(34)39)11-21-27(24(35)12-22(32)29(21)37)25(18)16-8-14(2)28(36)15(3)9-16/h4-6,8-10,12,19-20,25-26,36H,7,11H2,1-3H3/t19-,20+,25-,26-/m0/s1. The Morgan fingerprint density at radius 3 is 2.31 bits per heavy atom. The van der Waals surface area contributed by atoms with E-state index in [1.807, 2.05) is 25.1 Å². The summed E-state index contributed by atoms with van der Waals surface area (Å²) in [5, 5.41) is 10.9. The molecule has 1 fully saturated rings. The van der Waals surface area contributed by atoms with Crippen molar-refractivity contribution in [1.82, 2.24) is 0 Å². The predicted octanol–water partition coefficient (Wildman–Crippen LogP) is 5.94. The van der Waals surface area contributed by atoms with Crippen molar-refractivity contribution in [1.29, 1.82) is 0 Å². The van der Waals surface area contributed by atoms with Crippen LogP contribution in [-0.4, -0.2) is 28.5 Å². The average molecular weight is 607 g/mol. The number of phenols is 1. The van der Waals surface area contributed by atoms with E-state index in [-0.39, 0.29) is 40.0 Å². The predicted molar refractivity (Wildman–Crippen MR) is 151 cm³/mol. The molecule has 1 saturated heterocycles. The number of amides is 2. The summed E-state index contributed by atoms with van der Waals surface area (Å²) in [6, 6.07) is 8.81. The molecule has 8 heteroatoms. The Kier molecular flexibility index (Phi) is 6.08. The maximum absolute atomic E-state index is 14.0. The zero-order valence-corrected chi connectivity index (χ0v) is 23.9. The number of carbonyl (C=O) groups excluding carboxylic acids is 4. The molecule has 198 valence electrons. The SMILES string of the molecule is Cc1ccc(N2C(=O)[C@H]3[C@H](CC=C4[C@H](c5cc(C)c(O)c(C)c5)C5=C(C[C@H]43)C(=O)C(Br)=CC5=O)C2=O)cc1Cl. The molecule has 1 N–H and O–H groups in total. The second kappa shape index (κ2) is 9.14. The lowest BCUT2D eigenvalue weighted by Gasteiger charge is -2.42. The van der Waals surface area contributed by atoms with Crippen LogP contribution in [0.1, 0.15) is 41.0 Å². The van der Waals surface area contributed by atoms with Gasteiger partial charge >= 0.3 is 0 Å². The number of allylic oxidation sites excluding steroid dienone is 6. The highest BCUT2D eigenvalue weighted by Crippen LogP contribution is 2.56. The van der Waals surface area contributed by atoms with Crippen LogP contribution in [0.5, 0.6) is 5.75 Å². The molecule has 0 bridgehead atoms. The van der Waals surface area contributed by atoms with Gasteiger partial charge in [0.05, 0.1) is 22.0 Å². The molecule has 6 nitrogen and oxygen atoms in total. The number of phenolic OH excluding ortho intramolecular Hbond substituents is 1. The molecule has 6 rings (SSSR count). The average Bonchev–Trinajstić information content (AvgIpc) is 3.15. The fraction of sp³-hybridized carbons (Fsp3) is 0.290. The third-order valence-corrected chi connectivity index (χ3v) is 9.59. The van der Waals surface area contributed by atoms with Gasteiger partial charge in [0, 0.05) is 28.2 Å². The summed E-state index contributed by atoms with van der Waals surface area (Å²) in [6.07, 6.45) is 3.85. The number of halogens is 2. The third kappa shape index (κ3) is 3.81. The molecule has 0 aromatic heterocycles. The van der Waals surface area contributed by atoms with Crippen LogP contribution < -0.4 is 4.90 Å². The van der Waals surface area contributed by atoms with Gasteiger partial charge in [-0.3, -0.25) is 19.2 Å². The first kappa shape index (κ1) is 26.0. The zero-order chi connectivity index (χ0) is 27.9. The van der Waals surface area contributed by atoms with Crippen molar-refractivity contribution in [3.05, 3.63) is 91.0 Å². The van der Waals surface area contributed by atoms with Crippen LogP contribution in [0.4, 0.5) is 5.69 Å². The van der Waals surface area contributed by atoms with E-state index in [1.54, 1.807) is 32.0 Å².